The molecule has 45 heavy (non-hydrogen) atoms. The van der Waals surface area contributed by atoms with E-state index >= 15 is 4.39 Å². The number of hydrazine groups is 2. The minimum Gasteiger partial charge on any atom is -0.477 e. The minimum absolute atomic E-state index is 0.0189. The van der Waals surface area contributed by atoms with Crippen LogP contribution in [-0.4, -0.2) is 84.6 Å². The fourth-order valence-electron chi connectivity index (χ4n) is 5.56. The number of nitrogens with one attached hydrogen (secondary N) is 1. The number of pyridine rings is 1. The van der Waals surface area contributed by atoms with Crippen LogP contribution in [0.15, 0.2) is 6.07 Å². The molecule has 1 aromatic carbocycles. The summed E-state index contributed by atoms with van der Waals surface area (Å²) < 4.78 is 95.3. The number of hydrogen-bond acceptors (Lipinski definition) is 10. The van der Waals surface area contributed by atoms with E-state index in [1.165, 1.54) is 25.1 Å². The molecular weight excluding hydrogens is 630 g/mol. The van der Waals surface area contributed by atoms with E-state index in [0.29, 0.717) is 25.2 Å². The second-order valence-corrected chi connectivity index (χ2v) is 10.7. The fourth-order valence-corrected chi connectivity index (χ4v) is 5.88. The molecule has 0 spiro atoms. The Labute approximate surface area is 261 Å². The van der Waals surface area contributed by atoms with Crippen molar-refractivity contribution in [3.63, 3.8) is 0 Å². The summed E-state index contributed by atoms with van der Waals surface area (Å²) in [6.07, 6.45) is -2.35. The molecule has 5 rings (SSSR count). The quantitative estimate of drug-likeness (QED) is 0.179. The van der Waals surface area contributed by atoms with Gasteiger partial charge in [-0.05, 0) is 45.7 Å². The Morgan fingerprint density at radius 3 is 2.47 bits per heavy atom. The van der Waals surface area contributed by atoms with Crippen molar-refractivity contribution in [1.82, 2.24) is 30.4 Å². The molecular formula is C28H35ClF6N8O2. The maximum Gasteiger partial charge on any atom is 0.418 e. The normalized spacial score (nSPS) is 18.2. The standard InChI is InChI=1S/C21H23ClF5N7O2.C7H12FN/c1-6-34(33(4)29-3)18-11-17(31-20(32-18)35-5)15(24)16(30-19(11)36-7-2)9-8-10(28)14(23)13(22)12(9)21(25,26)27;8-6-4-7-2-1-3-9(7)5-6/h8,29H,6-7,28H2,1-5H3;6-7H,1-5H2. The van der Waals surface area contributed by atoms with Crippen LogP contribution in [0.5, 0.6) is 11.9 Å². The van der Waals surface area contributed by atoms with E-state index in [1.54, 1.807) is 33.0 Å². The highest BCUT2D eigenvalue weighted by atomic mass is 35.5. The molecule has 2 fully saturated rings. The van der Waals surface area contributed by atoms with Gasteiger partial charge in [-0.25, -0.2) is 23.6 Å². The van der Waals surface area contributed by atoms with Crippen molar-refractivity contribution in [3.8, 4) is 23.1 Å². The molecule has 3 aromatic rings. The maximum atomic E-state index is 16.0. The first kappa shape index (κ1) is 34.5. The summed E-state index contributed by atoms with van der Waals surface area (Å²) in [5.41, 5.74) is 3.87. The average molecular weight is 665 g/mol. The fraction of sp³-hybridized carbons (Fsp3) is 0.536. The second-order valence-electron chi connectivity index (χ2n) is 10.4. The molecule has 2 aromatic heterocycles. The van der Waals surface area contributed by atoms with Crippen LogP contribution in [0.1, 0.15) is 38.7 Å². The number of ether oxygens (including phenoxy) is 2. The van der Waals surface area contributed by atoms with Gasteiger partial charge in [0.25, 0.3) is 0 Å². The van der Waals surface area contributed by atoms with E-state index in [0.717, 1.165) is 13.0 Å². The van der Waals surface area contributed by atoms with Crippen molar-refractivity contribution in [1.29, 1.82) is 0 Å². The molecule has 2 unspecified atom stereocenters. The van der Waals surface area contributed by atoms with Crippen LogP contribution in [0.3, 0.4) is 0 Å². The van der Waals surface area contributed by atoms with E-state index < -0.39 is 57.0 Å². The number of aromatic nitrogens is 3. The van der Waals surface area contributed by atoms with Crippen LogP contribution in [-0.2, 0) is 6.18 Å². The minimum atomic E-state index is -5.17. The summed E-state index contributed by atoms with van der Waals surface area (Å²) in [6, 6.07) is 0.954. The molecule has 10 nitrogen and oxygen atoms in total. The molecule has 0 radical (unpaired) electrons. The highest BCUT2D eigenvalue weighted by molar-refractivity contribution is 6.32. The van der Waals surface area contributed by atoms with Gasteiger partial charge in [0, 0.05) is 38.8 Å². The van der Waals surface area contributed by atoms with Gasteiger partial charge < -0.3 is 15.2 Å². The Hall–Kier alpha value is -3.34. The molecule has 0 bridgehead atoms. The number of fused-ring (bicyclic) bond motifs is 2. The zero-order chi connectivity index (χ0) is 33.2. The van der Waals surface area contributed by atoms with Crippen molar-refractivity contribution in [2.75, 3.05) is 58.2 Å². The number of methoxy groups -OCH3 is 1. The molecule has 3 N–H and O–H groups in total. The summed E-state index contributed by atoms with van der Waals surface area (Å²) in [4.78, 5) is 14.6. The number of rotatable bonds is 8. The molecule has 248 valence electrons. The molecule has 0 saturated carbocycles. The van der Waals surface area contributed by atoms with E-state index in [9.17, 15) is 22.0 Å². The number of anilines is 2. The lowest BCUT2D eigenvalue weighted by atomic mass is 10.0. The lowest BCUT2D eigenvalue weighted by molar-refractivity contribution is -0.137. The summed E-state index contributed by atoms with van der Waals surface area (Å²) in [7, 11) is 4.53. The van der Waals surface area contributed by atoms with Gasteiger partial charge >= 0.3 is 12.2 Å². The predicted molar refractivity (Wildman–Crippen MR) is 159 cm³/mol. The number of alkyl halides is 4. The predicted octanol–water partition coefficient (Wildman–Crippen LogP) is 5.63. The molecule has 0 amide bonds. The largest absolute Gasteiger partial charge is 0.477 e. The van der Waals surface area contributed by atoms with Gasteiger partial charge in [-0.1, -0.05) is 11.6 Å². The Kier molecular flexibility index (Phi) is 10.7. The Balaban J connectivity index is 0.000000432. The Bertz CT molecular complexity index is 1520. The Morgan fingerprint density at radius 1 is 1.18 bits per heavy atom. The topological polar surface area (TPSA) is 105 Å². The third-order valence-corrected chi connectivity index (χ3v) is 7.99. The van der Waals surface area contributed by atoms with E-state index in [4.69, 9.17) is 26.8 Å². The summed E-state index contributed by atoms with van der Waals surface area (Å²) in [5.74, 6) is -2.92. The zero-order valence-corrected chi connectivity index (χ0v) is 26.2. The van der Waals surface area contributed by atoms with Crippen molar-refractivity contribution in [2.24, 2.45) is 0 Å². The highest BCUT2D eigenvalue weighted by Crippen LogP contribution is 2.46. The van der Waals surface area contributed by atoms with E-state index in [1.807, 2.05) is 0 Å². The number of nitrogens with zero attached hydrogens (tertiary/aromatic N) is 6. The zero-order valence-electron chi connectivity index (χ0n) is 25.4. The summed E-state index contributed by atoms with van der Waals surface area (Å²) in [6.45, 7) is 5.59. The third-order valence-electron chi connectivity index (χ3n) is 7.64. The smallest absolute Gasteiger partial charge is 0.418 e. The van der Waals surface area contributed by atoms with Gasteiger partial charge in [0.2, 0.25) is 5.88 Å². The summed E-state index contributed by atoms with van der Waals surface area (Å²) in [5, 5.41) is 1.76. The van der Waals surface area contributed by atoms with Crippen LogP contribution in [0.4, 0.5) is 37.8 Å². The van der Waals surface area contributed by atoms with Crippen LogP contribution in [0.25, 0.3) is 22.2 Å². The second kappa shape index (κ2) is 14.0. The van der Waals surface area contributed by atoms with Crippen LogP contribution in [0, 0.1) is 11.6 Å². The highest BCUT2D eigenvalue weighted by Gasteiger charge is 2.40. The molecule has 2 atom stereocenters. The maximum absolute atomic E-state index is 16.0. The first-order valence-electron chi connectivity index (χ1n) is 14.3. The number of halogens is 7. The first-order valence-corrected chi connectivity index (χ1v) is 14.6. The van der Waals surface area contributed by atoms with Gasteiger partial charge in [-0.15, -0.1) is 0 Å². The molecule has 17 heteroatoms. The van der Waals surface area contributed by atoms with Gasteiger partial charge in [0.15, 0.2) is 17.5 Å². The molecule has 2 aliphatic rings. The lowest BCUT2D eigenvalue weighted by Gasteiger charge is -2.32. The third kappa shape index (κ3) is 6.93. The number of hydrogen-bond donors (Lipinski definition) is 2. The molecule has 4 heterocycles. The number of nitrogen functional groups attached to an aromatic ring is 1. The van der Waals surface area contributed by atoms with Crippen LogP contribution < -0.4 is 25.6 Å². The van der Waals surface area contributed by atoms with Gasteiger partial charge in [0.05, 0.1) is 30.0 Å². The van der Waals surface area contributed by atoms with E-state index in [2.05, 4.69) is 25.3 Å². The van der Waals surface area contributed by atoms with Crippen molar-refractivity contribution in [2.45, 2.75) is 51.5 Å². The average Bonchev–Trinajstić information content (AvgIpc) is 3.57. The molecule has 2 saturated heterocycles. The van der Waals surface area contributed by atoms with Gasteiger partial charge in [-0.2, -0.15) is 28.3 Å². The number of benzene rings is 1. The monoisotopic (exact) mass is 664 g/mol. The van der Waals surface area contributed by atoms with E-state index in [-0.39, 0.29) is 29.7 Å². The lowest BCUT2D eigenvalue weighted by Crippen LogP contribution is -2.47. The SMILES string of the molecule is CCOc1nc(-c2cc(N)c(F)c(Cl)c2C(F)(F)F)c(F)c2nc(OC)nc(N(CC)N(C)NC)c12.FC1CC2CCCN2C1. The van der Waals surface area contributed by atoms with Gasteiger partial charge in [0.1, 0.15) is 22.8 Å². The number of nitrogens with two attached hydrogens (primary N) is 1. The van der Waals surface area contributed by atoms with Crippen LogP contribution in [0.2, 0.25) is 5.02 Å². The molecule has 2 aliphatic heterocycles. The van der Waals surface area contributed by atoms with Gasteiger partial charge in [-0.3, -0.25) is 9.91 Å². The summed E-state index contributed by atoms with van der Waals surface area (Å²) >= 11 is 5.67. The van der Waals surface area contributed by atoms with Crippen molar-refractivity contribution >= 4 is 34.0 Å². The molecule has 0 aliphatic carbocycles. The first-order chi connectivity index (χ1) is 21.3. The Morgan fingerprint density at radius 2 is 1.89 bits per heavy atom. The van der Waals surface area contributed by atoms with Crippen LogP contribution >= 0.6 is 11.6 Å². The van der Waals surface area contributed by atoms with Crippen molar-refractivity contribution < 1.29 is 35.8 Å². The van der Waals surface area contributed by atoms with Crippen molar-refractivity contribution in [3.05, 3.63) is 28.3 Å².